The van der Waals surface area contributed by atoms with Crippen LogP contribution in [0, 0.1) is 18.6 Å². The molecule has 1 unspecified atom stereocenters. The van der Waals surface area contributed by atoms with Gasteiger partial charge in [-0.2, -0.15) is 0 Å². The Balaban J connectivity index is 1.82. The van der Waals surface area contributed by atoms with Gasteiger partial charge in [-0.25, -0.2) is 8.78 Å². The molecule has 1 aliphatic rings. The van der Waals surface area contributed by atoms with Crippen LogP contribution in [0.2, 0.25) is 0 Å². The van der Waals surface area contributed by atoms with Gasteiger partial charge in [0.2, 0.25) is 0 Å². The van der Waals surface area contributed by atoms with Gasteiger partial charge in [0.25, 0.3) is 0 Å². The van der Waals surface area contributed by atoms with Crippen LogP contribution in [-0.4, -0.2) is 18.6 Å². The van der Waals surface area contributed by atoms with Gasteiger partial charge >= 0.3 is 0 Å². The fourth-order valence-electron chi connectivity index (χ4n) is 1.84. The molecule has 2 rings (SSSR count). The van der Waals surface area contributed by atoms with Gasteiger partial charge < -0.3 is 10.6 Å². The highest BCUT2D eigenvalue weighted by molar-refractivity contribution is 5.25. The molecule has 1 aromatic carbocycles. The molecule has 0 radical (unpaired) electrons. The molecule has 2 nitrogen and oxygen atoms in total. The number of rotatable bonds is 6. The Labute approximate surface area is 107 Å². The fraction of sp³-hybridized carbons (Fsp3) is 0.571. The molecular formula is C14H20F2N2. The van der Waals surface area contributed by atoms with Crippen LogP contribution in [0.25, 0.3) is 0 Å². The van der Waals surface area contributed by atoms with E-state index < -0.39 is 11.6 Å². The Morgan fingerprint density at radius 2 is 2.00 bits per heavy atom. The lowest BCUT2D eigenvalue weighted by molar-refractivity contribution is 0.487. The normalized spacial score (nSPS) is 16.9. The minimum atomic E-state index is -0.486. The van der Waals surface area contributed by atoms with Crippen molar-refractivity contribution in [1.82, 2.24) is 10.6 Å². The van der Waals surface area contributed by atoms with E-state index in [1.54, 1.807) is 13.0 Å². The van der Waals surface area contributed by atoms with Crippen LogP contribution in [0.4, 0.5) is 8.78 Å². The van der Waals surface area contributed by atoms with E-state index in [0.29, 0.717) is 23.7 Å². The smallest absolute Gasteiger partial charge is 0.130 e. The van der Waals surface area contributed by atoms with E-state index in [-0.39, 0.29) is 6.04 Å². The second kappa shape index (κ2) is 5.76. The molecule has 2 N–H and O–H groups in total. The number of hydrogen-bond acceptors (Lipinski definition) is 2. The average molecular weight is 254 g/mol. The lowest BCUT2D eigenvalue weighted by Crippen LogP contribution is -2.36. The summed E-state index contributed by atoms with van der Waals surface area (Å²) in [5.74, 6) is -0.965. The molecule has 1 fully saturated rings. The van der Waals surface area contributed by atoms with Gasteiger partial charge in [-0.15, -0.1) is 0 Å². The first kappa shape index (κ1) is 13.4. The second-order valence-electron chi connectivity index (χ2n) is 5.16. The van der Waals surface area contributed by atoms with Gasteiger partial charge in [-0.3, -0.25) is 0 Å². The van der Waals surface area contributed by atoms with E-state index in [9.17, 15) is 8.78 Å². The lowest BCUT2D eigenvalue weighted by atomic mass is 10.1. The Morgan fingerprint density at radius 3 is 2.67 bits per heavy atom. The molecule has 0 amide bonds. The Hall–Kier alpha value is -1.00. The minimum absolute atomic E-state index is 0.273. The zero-order chi connectivity index (χ0) is 13.1. The summed E-state index contributed by atoms with van der Waals surface area (Å²) >= 11 is 0. The summed E-state index contributed by atoms with van der Waals surface area (Å²) in [6, 6.07) is 3.48. The van der Waals surface area contributed by atoms with Crippen molar-refractivity contribution in [3.63, 3.8) is 0 Å². The maximum atomic E-state index is 13.5. The van der Waals surface area contributed by atoms with Crippen molar-refractivity contribution < 1.29 is 8.78 Å². The molecule has 1 atom stereocenters. The van der Waals surface area contributed by atoms with E-state index in [4.69, 9.17) is 0 Å². The topological polar surface area (TPSA) is 24.1 Å². The maximum absolute atomic E-state index is 13.5. The average Bonchev–Trinajstić information content (AvgIpc) is 3.13. The van der Waals surface area contributed by atoms with Crippen molar-refractivity contribution >= 4 is 0 Å². The summed E-state index contributed by atoms with van der Waals surface area (Å²) < 4.78 is 26.6. The molecule has 18 heavy (non-hydrogen) atoms. The minimum Gasteiger partial charge on any atom is -0.312 e. The highest BCUT2D eigenvalue weighted by atomic mass is 19.1. The third-order valence-electron chi connectivity index (χ3n) is 3.26. The van der Waals surface area contributed by atoms with Gasteiger partial charge in [-0.05, 0) is 38.3 Å². The van der Waals surface area contributed by atoms with Gasteiger partial charge in [0, 0.05) is 36.8 Å². The first-order chi connectivity index (χ1) is 8.56. The van der Waals surface area contributed by atoms with Crippen molar-refractivity contribution in [3.05, 3.63) is 34.9 Å². The van der Waals surface area contributed by atoms with Crippen molar-refractivity contribution in [2.45, 2.75) is 45.3 Å². The highest BCUT2D eigenvalue weighted by Crippen LogP contribution is 2.18. The van der Waals surface area contributed by atoms with E-state index in [1.807, 2.05) is 0 Å². The maximum Gasteiger partial charge on any atom is 0.130 e. The number of halogens is 2. The first-order valence-corrected chi connectivity index (χ1v) is 6.47. The van der Waals surface area contributed by atoms with Crippen LogP contribution in [0.15, 0.2) is 12.1 Å². The summed E-state index contributed by atoms with van der Waals surface area (Å²) in [4.78, 5) is 0. The third-order valence-corrected chi connectivity index (χ3v) is 3.26. The molecule has 4 heteroatoms. The third kappa shape index (κ3) is 3.75. The number of aryl methyl sites for hydroxylation is 1. The van der Waals surface area contributed by atoms with Crippen molar-refractivity contribution in [1.29, 1.82) is 0 Å². The second-order valence-corrected chi connectivity index (χ2v) is 5.16. The Morgan fingerprint density at radius 1 is 1.28 bits per heavy atom. The molecule has 1 aliphatic carbocycles. The zero-order valence-electron chi connectivity index (χ0n) is 10.9. The van der Waals surface area contributed by atoms with Crippen LogP contribution < -0.4 is 10.6 Å². The molecular weight excluding hydrogens is 234 g/mol. The Bertz CT molecular complexity index is 417. The van der Waals surface area contributed by atoms with Crippen LogP contribution in [0.3, 0.4) is 0 Å². The van der Waals surface area contributed by atoms with E-state index in [2.05, 4.69) is 17.6 Å². The summed E-state index contributed by atoms with van der Waals surface area (Å²) in [6.07, 6.45) is 2.52. The molecule has 100 valence electrons. The van der Waals surface area contributed by atoms with Crippen LogP contribution in [0.5, 0.6) is 0 Å². The standard InChI is InChI=1S/C14H20F2N2/c1-9-5-11(14(16)6-13(9)15)8-17-10(2)7-18-12-3-4-12/h5-6,10,12,17-18H,3-4,7-8H2,1-2H3. The zero-order valence-corrected chi connectivity index (χ0v) is 10.9. The fourth-order valence-corrected chi connectivity index (χ4v) is 1.84. The molecule has 1 saturated carbocycles. The summed E-state index contributed by atoms with van der Waals surface area (Å²) in [7, 11) is 0. The first-order valence-electron chi connectivity index (χ1n) is 6.47. The van der Waals surface area contributed by atoms with Gasteiger partial charge in [0.15, 0.2) is 0 Å². The molecule has 0 spiro atoms. The van der Waals surface area contributed by atoms with Crippen molar-refractivity contribution in [3.8, 4) is 0 Å². The van der Waals surface area contributed by atoms with E-state index in [1.165, 1.54) is 12.8 Å². The van der Waals surface area contributed by atoms with Gasteiger partial charge in [-0.1, -0.05) is 0 Å². The predicted octanol–water partition coefficient (Wildman–Crippen LogP) is 2.50. The van der Waals surface area contributed by atoms with Crippen LogP contribution in [0.1, 0.15) is 30.9 Å². The number of benzene rings is 1. The summed E-state index contributed by atoms with van der Waals surface area (Å²) in [5, 5.41) is 6.66. The molecule has 0 aliphatic heterocycles. The molecule has 0 heterocycles. The van der Waals surface area contributed by atoms with Crippen molar-refractivity contribution in [2.75, 3.05) is 6.54 Å². The SMILES string of the molecule is Cc1cc(CNC(C)CNC2CC2)c(F)cc1F. The number of hydrogen-bond donors (Lipinski definition) is 2. The molecule has 0 aromatic heterocycles. The molecule has 1 aromatic rings. The van der Waals surface area contributed by atoms with E-state index >= 15 is 0 Å². The van der Waals surface area contributed by atoms with Crippen LogP contribution in [-0.2, 0) is 6.54 Å². The Kier molecular flexibility index (Phi) is 4.30. The van der Waals surface area contributed by atoms with E-state index in [0.717, 1.165) is 12.6 Å². The highest BCUT2D eigenvalue weighted by Gasteiger charge is 2.20. The largest absolute Gasteiger partial charge is 0.312 e. The number of nitrogens with one attached hydrogen (secondary N) is 2. The summed E-state index contributed by atoms with van der Waals surface area (Å²) in [5.41, 5.74) is 1.00. The molecule has 0 bridgehead atoms. The van der Waals surface area contributed by atoms with Crippen LogP contribution >= 0.6 is 0 Å². The summed E-state index contributed by atoms with van der Waals surface area (Å²) in [6.45, 7) is 5.02. The quantitative estimate of drug-likeness (QED) is 0.815. The van der Waals surface area contributed by atoms with Gasteiger partial charge in [0.1, 0.15) is 11.6 Å². The lowest BCUT2D eigenvalue weighted by Gasteiger charge is -2.15. The van der Waals surface area contributed by atoms with Crippen molar-refractivity contribution in [2.24, 2.45) is 0 Å². The molecule has 0 saturated heterocycles. The monoisotopic (exact) mass is 254 g/mol. The predicted molar refractivity (Wildman–Crippen MR) is 68.4 cm³/mol. The van der Waals surface area contributed by atoms with Gasteiger partial charge in [0.05, 0.1) is 0 Å².